The van der Waals surface area contributed by atoms with Crippen molar-refractivity contribution in [3.05, 3.63) is 87.1 Å². The molecule has 0 N–H and O–H groups in total. The van der Waals surface area contributed by atoms with Gasteiger partial charge in [0.25, 0.3) is 5.56 Å². The van der Waals surface area contributed by atoms with Gasteiger partial charge in [-0.2, -0.15) is 9.67 Å². The molecule has 0 fully saturated rings. The summed E-state index contributed by atoms with van der Waals surface area (Å²) in [5.74, 6) is -0.686. The first-order chi connectivity index (χ1) is 16.6. The monoisotopic (exact) mass is 471 g/mol. The molecule has 1 aliphatic rings. The van der Waals surface area contributed by atoms with Crippen LogP contribution in [0.25, 0.3) is 33.6 Å². The maximum absolute atomic E-state index is 14.0. The van der Waals surface area contributed by atoms with Crippen molar-refractivity contribution in [1.29, 1.82) is 0 Å². The van der Waals surface area contributed by atoms with Crippen LogP contribution in [0.3, 0.4) is 0 Å². The number of carbonyl (C=O) groups excluding carboxylic acids is 1. The quantitative estimate of drug-likeness (QED) is 0.369. The summed E-state index contributed by atoms with van der Waals surface area (Å²) >= 11 is 6.04. The third-order valence-electron chi connectivity index (χ3n) is 6.04. The minimum absolute atomic E-state index is 0.145. The predicted octanol–water partition coefficient (Wildman–Crippen LogP) is 4.02. The van der Waals surface area contributed by atoms with E-state index in [1.165, 1.54) is 9.08 Å². The molecule has 0 amide bonds. The van der Waals surface area contributed by atoms with Crippen molar-refractivity contribution < 1.29 is 9.53 Å². The average molecular weight is 472 g/mol. The van der Waals surface area contributed by atoms with Crippen LogP contribution in [0.2, 0.25) is 5.02 Å². The van der Waals surface area contributed by atoms with Crippen molar-refractivity contribution in [3.63, 3.8) is 0 Å². The second kappa shape index (κ2) is 7.78. The maximum atomic E-state index is 14.0. The molecule has 0 radical (unpaired) electrons. The summed E-state index contributed by atoms with van der Waals surface area (Å²) in [6.45, 7) is 1.85. The summed E-state index contributed by atoms with van der Waals surface area (Å²) < 4.78 is 7.85. The standard InChI is InChI=1S/C25H18ClN5O3/c1-2-34-24(33)22-29-31(17-11-9-16(26)10-12-17)25-28-21-20(23(32)30(22)25)19-15(13-27-21)8-7-14-5-3-4-6-18(14)19/h3-6,9-13H,2,7-8H2,1H3. The number of nitrogens with zero attached hydrogens (tertiary/aromatic N) is 5. The molecule has 0 bridgehead atoms. The molecule has 1 aliphatic carbocycles. The molecule has 2 aromatic carbocycles. The van der Waals surface area contributed by atoms with Gasteiger partial charge in [-0.15, -0.1) is 5.10 Å². The number of halogens is 1. The van der Waals surface area contributed by atoms with Gasteiger partial charge in [0.15, 0.2) is 5.65 Å². The highest BCUT2D eigenvalue weighted by molar-refractivity contribution is 6.30. The Labute approximate surface area is 198 Å². The van der Waals surface area contributed by atoms with E-state index < -0.39 is 11.5 Å². The highest BCUT2D eigenvalue weighted by Gasteiger charge is 2.27. The summed E-state index contributed by atoms with van der Waals surface area (Å²) in [5.41, 5.74) is 4.41. The molecule has 34 heavy (non-hydrogen) atoms. The Morgan fingerprint density at radius 3 is 2.65 bits per heavy atom. The second-order valence-electron chi connectivity index (χ2n) is 8.00. The average Bonchev–Trinajstić information content (AvgIpc) is 3.24. The van der Waals surface area contributed by atoms with Crippen LogP contribution in [0.15, 0.2) is 59.5 Å². The number of carbonyl (C=O) groups is 1. The Kier molecular flexibility index (Phi) is 4.70. The molecule has 0 aliphatic heterocycles. The summed E-state index contributed by atoms with van der Waals surface area (Å²) in [4.78, 5) is 36.0. The van der Waals surface area contributed by atoms with Crippen molar-refractivity contribution in [2.45, 2.75) is 19.8 Å². The predicted molar refractivity (Wildman–Crippen MR) is 128 cm³/mol. The zero-order valence-corrected chi connectivity index (χ0v) is 18.9. The third-order valence-corrected chi connectivity index (χ3v) is 6.29. The molecule has 0 atom stereocenters. The zero-order chi connectivity index (χ0) is 23.4. The fraction of sp³-hybridized carbons (Fsp3) is 0.160. The summed E-state index contributed by atoms with van der Waals surface area (Å²) in [6.07, 6.45) is 3.42. The summed E-state index contributed by atoms with van der Waals surface area (Å²) in [7, 11) is 0. The van der Waals surface area contributed by atoms with Gasteiger partial charge in [-0.3, -0.25) is 4.79 Å². The normalized spacial score (nSPS) is 12.5. The number of rotatable bonds is 3. The van der Waals surface area contributed by atoms with Gasteiger partial charge < -0.3 is 4.74 Å². The first-order valence-electron chi connectivity index (χ1n) is 10.9. The largest absolute Gasteiger partial charge is 0.460 e. The van der Waals surface area contributed by atoms with Gasteiger partial charge in [0, 0.05) is 16.8 Å². The lowest BCUT2D eigenvalue weighted by Gasteiger charge is -2.20. The smallest absolute Gasteiger partial charge is 0.376 e. The van der Waals surface area contributed by atoms with E-state index in [1.807, 2.05) is 18.2 Å². The van der Waals surface area contributed by atoms with Crippen LogP contribution in [0.5, 0.6) is 0 Å². The van der Waals surface area contributed by atoms with Crippen LogP contribution in [-0.2, 0) is 17.6 Å². The first kappa shape index (κ1) is 20.6. The Hall–Kier alpha value is -4.04. The van der Waals surface area contributed by atoms with Gasteiger partial charge >= 0.3 is 5.97 Å². The number of hydrogen-bond donors (Lipinski definition) is 0. The molecule has 3 aromatic heterocycles. The molecule has 0 saturated carbocycles. The Bertz CT molecular complexity index is 1670. The fourth-order valence-corrected chi connectivity index (χ4v) is 4.65. The number of aryl methyl sites for hydroxylation is 2. The van der Waals surface area contributed by atoms with E-state index in [2.05, 4.69) is 16.1 Å². The lowest BCUT2D eigenvalue weighted by Crippen LogP contribution is -2.22. The molecule has 6 rings (SSSR count). The van der Waals surface area contributed by atoms with Crippen LogP contribution in [0, 0.1) is 0 Å². The minimum atomic E-state index is -0.707. The molecule has 5 aromatic rings. The van der Waals surface area contributed by atoms with E-state index >= 15 is 0 Å². The number of aromatic nitrogens is 5. The highest BCUT2D eigenvalue weighted by atomic mass is 35.5. The van der Waals surface area contributed by atoms with Gasteiger partial charge in [-0.1, -0.05) is 35.9 Å². The molecule has 168 valence electrons. The number of fused-ring (bicyclic) bond motifs is 6. The SMILES string of the molecule is CCOC(=O)c1nn(-c2ccc(Cl)cc2)c2nc3ncc4c(c3c(=O)n12)-c1ccccc1CC4. The van der Waals surface area contributed by atoms with E-state index in [-0.39, 0.29) is 18.2 Å². The Morgan fingerprint density at radius 2 is 1.85 bits per heavy atom. The van der Waals surface area contributed by atoms with Crippen molar-refractivity contribution in [2.75, 3.05) is 6.61 Å². The van der Waals surface area contributed by atoms with E-state index in [9.17, 15) is 9.59 Å². The Balaban J connectivity index is 1.73. The summed E-state index contributed by atoms with van der Waals surface area (Å²) in [6, 6.07) is 14.9. The lowest BCUT2D eigenvalue weighted by atomic mass is 9.85. The number of benzene rings is 2. The van der Waals surface area contributed by atoms with E-state index in [4.69, 9.17) is 21.3 Å². The third kappa shape index (κ3) is 3.03. The molecule has 9 heteroatoms. The molecular weight excluding hydrogens is 454 g/mol. The van der Waals surface area contributed by atoms with E-state index in [1.54, 1.807) is 37.4 Å². The molecule has 0 saturated heterocycles. The fourth-order valence-electron chi connectivity index (χ4n) is 4.52. The van der Waals surface area contributed by atoms with Crippen LogP contribution < -0.4 is 5.56 Å². The first-order valence-corrected chi connectivity index (χ1v) is 11.3. The van der Waals surface area contributed by atoms with Gasteiger partial charge in [0.2, 0.25) is 11.6 Å². The van der Waals surface area contributed by atoms with Gasteiger partial charge in [-0.05, 0) is 60.7 Å². The van der Waals surface area contributed by atoms with Crippen LogP contribution in [-0.4, -0.2) is 36.7 Å². The lowest BCUT2D eigenvalue weighted by molar-refractivity contribution is 0.0509. The zero-order valence-electron chi connectivity index (χ0n) is 18.2. The Morgan fingerprint density at radius 1 is 1.09 bits per heavy atom. The van der Waals surface area contributed by atoms with Crippen LogP contribution >= 0.6 is 11.6 Å². The van der Waals surface area contributed by atoms with Gasteiger partial charge in [0.1, 0.15) is 0 Å². The van der Waals surface area contributed by atoms with Crippen molar-refractivity contribution in [2.24, 2.45) is 0 Å². The van der Waals surface area contributed by atoms with Crippen molar-refractivity contribution >= 4 is 34.4 Å². The molecule has 0 unspecified atom stereocenters. The van der Waals surface area contributed by atoms with Gasteiger partial charge in [-0.25, -0.2) is 14.2 Å². The van der Waals surface area contributed by atoms with E-state index in [0.29, 0.717) is 21.7 Å². The number of pyridine rings is 1. The number of ether oxygens (including phenoxy) is 1. The van der Waals surface area contributed by atoms with E-state index in [0.717, 1.165) is 35.1 Å². The molecule has 0 spiro atoms. The second-order valence-corrected chi connectivity index (χ2v) is 8.44. The van der Waals surface area contributed by atoms with Gasteiger partial charge in [0.05, 0.1) is 17.7 Å². The number of esters is 1. The molecule has 3 heterocycles. The maximum Gasteiger partial charge on any atom is 0.376 e. The van der Waals surface area contributed by atoms with Crippen molar-refractivity contribution in [1.82, 2.24) is 24.1 Å². The van der Waals surface area contributed by atoms with Crippen LogP contribution in [0.4, 0.5) is 0 Å². The van der Waals surface area contributed by atoms with Crippen LogP contribution in [0.1, 0.15) is 28.7 Å². The molecule has 8 nitrogen and oxygen atoms in total. The minimum Gasteiger partial charge on any atom is -0.460 e. The molecular formula is C25H18ClN5O3. The topological polar surface area (TPSA) is 91.4 Å². The highest BCUT2D eigenvalue weighted by Crippen LogP contribution is 2.36. The summed E-state index contributed by atoms with van der Waals surface area (Å²) in [5, 5.41) is 5.33. The van der Waals surface area contributed by atoms with Crippen molar-refractivity contribution in [3.8, 4) is 16.8 Å². The number of hydrogen-bond acceptors (Lipinski definition) is 6.